The van der Waals surface area contributed by atoms with Crippen molar-refractivity contribution in [3.8, 4) is 0 Å². The number of halogens is 1. The van der Waals surface area contributed by atoms with E-state index >= 15 is 0 Å². The molecule has 164 valence electrons. The van der Waals surface area contributed by atoms with Crippen molar-refractivity contribution < 1.29 is 9.59 Å². The van der Waals surface area contributed by atoms with E-state index in [9.17, 15) is 9.59 Å². The van der Waals surface area contributed by atoms with Crippen molar-refractivity contribution in [2.24, 2.45) is 4.99 Å². The average molecular weight is 459 g/mol. The summed E-state index contributed by atoms with van der Waals surface area (Å²) in [6.07, 6.45) is 2.36. The molecular formula is C23H27ClN4O2S. The number of hydrogen-bond donors (Lipinski definition) is 1. The average Bonchev–Trinajstić information content (AvgIpc) is 3.47. The summed E-state index contributed by atoms with van der Waals surface area (Å²) in [5, 5.41) is 6.47. The van der Waals surface area contributed by atoms with Gasteiger partial charge in [-0.2, -0.15) is 0 Å². The van der Waals surface area contributed by atoms with E-state index < -0.39 is 0 Å². The Morgan fingerprint density at radius 1 is 1.23 bits per heavy atom. The molecule has 31 heavy (non-hydrogen) atoms. The lowest BCUT2D eigenvalue weighted by Crippen LogP contribution is -2.42. The molecule has 1 aromatic carbocycles. The van der Waals surface area contributed by atoms with Crippen LogP contribution in [0.2, 0.25) is 5.02 Å². The van der Waals surface area contributed by atoms with Crippen molar-refractivity contribution in [1.82, 2.24) is 15.1 Å². The summed E-state index contributed by atoms with van der Waals surface area (Å²) in [6, 6.07) is 7.53. The number of benzene rings is 1. The maximum atomic E-state index is 13.5. The molecule has 8 heteroatoms. The summed E-state index contributed by atoms with van der Waals surface area (Å²) in [4.78, 5) is 34.7. The minimum Gasteiger partial charge on any atom is -0.353 e. The van der Waals surface area contributed by atoms with Crippen LogP contribution in [0.5, 0.6) is 0 Å². The number of carbonyl (C=O) groups excluding carboxylic acids is 2. The van der Waals surface area contributed by atoms with E-state index in [1.54, 1.807) is 0 Å². The van der Waals surface area contributed by atoms with Gasteiger partial charge in [0, 0.05) is 29.9 Å². The molecule has 0 radical (unpaired) electrons. The van der Waals surface area contributed by atoms with Crippen LogP contribution in [-0.4, -0.2) is 45.9 Å². The van der Waals surface area contributed by atoms with Crippen molar-refractivity contribution in [2.75, 3.05) is 13.1 Å². The normalized spacial score (nSPS) is 20.3. The van der Waals surface area contributed by atoms with Crippen molar-refractivity contribution in [2.45, 2.75) is 52.1 Å². The first-order chi connectivity index (χ1) is 14.9. The smallest absolute Gasteiger partial charge is 0.254 e. The Morgan fingerprint density at radius 2 is 1.90 bits per heavy atom. The van der Waals surface area contributed by atoms with Crippen molar-refractivity contribution in [1.29, 1.82) is 0 Å². The second-order valence-electron chi connectivity index (χ2n) is 7.94. The summed E-state index contributed by atoms with van der Waals surface area (Å²) >= 11 is 7.64. The Kier molecular flexibility index (Phi) is 6.44. The lowest BCUT2D eigenvalue weighted by molar-refractivity contribution is -0.127. The molecule has 1 N–H and O–H groups in total. The zero-order valence-corrected chi connectivity index (χ0v) is 19.6. The van der Waals surface area contributed by atoms with Crippen LogP contribution in [0.4, 0.5) is 0 Å². The van der Waals surface area contributed by atoms with Gasteiger partial charge in [0.1, 0.15) is 0 Å². The number of fused-ring (bicyclic) bond motifs is 1. The minimum absolute atomic E-state index is 0.00773. The van der Waals surface area contributed by atoms with E-state index in [2.05, 4.69) is 5.32 Å². The van der Waals surface area contributed by atoms with Crippen LogP contribution in [0.25, 0.3) is 0 Å². The van der Waals surface area contributed by atoms with E-state index in [0.29, 0.717) is 35.4 Å². The van der Waals surface area contributed by atoms with Crippen LogP contribution >= 0.6 is 23.4 Å². The fourth-order valence-electron chi connectivity index (χ4n) is 3.96. The highest BCUT2D eigenvalue weighted by Crippen LogP contribution is 2.45. The molecule has 1 saturated carbocycles. The van der Waals surface area contributed by atoms with Gasteiger partial charge in [-0.15, -0.1) is 0 Å². The van der Waals surface area contributed by atoms with Gasteiger partial charge in [0.2, 0.25) is 5.91 Å². The Morgan fingerprint density at radius 3 is 2.52 bits per heavy atom. The predicted molar refractivity (Wildman–Crippen MR) is 126 cm³/mol. The van der Waals surface area contributed by atoms with Crippen LogP contribution < -0.4 is 5.32 Å². The fourth-order valence-corrected chi connectivity index (χ4v) is 5.05. The van der Waals surface area contributed by atoms with Crippen LogP contribution in [0.3, 0.4) is 0 Å². The molecule has 1 fully saturated rings. The van der Waals surface area contributed by atoms with E-state index in [-0.39, 0.29) is 24.3 Å². The second kappa shape index (κ2) is 9.09. The highest BCUT2D eigenvalue weighted by atomic mass is 35.5. The SMILES string of the molecule is CCN(CC)C(=O)C1=C(C)N=C2SC=C(CC(=O)NC3CC3)N2C1c1ccc(Cl)cc1. The molecule has 0 aromatic heterocycles. The molecule has 6 nitrogen and oxygen atoms in total. The first-order valence-corrected chi connectivity index (χ1v) is 12.0. The molecule has 3 aliphatic rings. The number of carbonyl (C=O) groups is 2. The second-order valence-corrected chi connectivity index (χ2v) is 9.21. The maximum absolute atomic E-state index is 13.5. The van der Waals surface area contributed by atoms with E-state index in [1.807, 2.05) is 60.2 Å². The van der Waals surface area contributed by atoms with Crippen molar-refractivity contribution in [3.05, 3.63) is 57.2 Å². The van der Waals surface area contributed by atoms with E-state index in [1.165, 1.54) is 11.8 Å². The molecule has 0 spiro atoms. The molecular weight excluding hydrogens is 432 g/mol. The topological polar surface area (TPSA) is 65.0 Å². The van der Waals surface area contributed by atoms with Gasteiger partial charge in [-0.05, 0) is 56.7 Å². The quantitative estimate of drug-likeness (QED) is 0.655. The van der Waals surface area contributed by atoms with E-state index in [4.69, 9.17) is 16.6 Å². The highest BCUT2D eigenvalue weighted by Gasteiger charge is 2.41. The number of hydrogen-bond acceptors (Lipinski definition) is 5. The first kappa shape index (κ1) is 22.0. The van der Waals surface area contributed by atoms with Crippen molar-refractivity contribution in [3.63, 3.8) is 0 Å². The predicted octanol–water partition coefficient (Wildman–Crippen LogP) is 4.45. The molecule has 1 atom stereocenters. The van der Waals surface area contributed by atoms with Gasteiger partial charge >= 0.3 is 0 Å². The number of likely N-dealkylation sites (N-methyl/N-ethyl adjacent to an activating group) is 1. The maximum Gasteiger partial charge on any atom is 0.254 e. The van der Waals surface area contributed by atoms with Crippen LogP contribution in [0.1, 0.15) is 51.6 Å². The van der Waals surface area contributed by atoms with Gasteiger partial charge < -0.3 is 15.1 Å². The number of thioether (sulfide) groups is 1. The summed E-state index contributed by atoms with van der Waals surface area (Å²) < 4.78 is 0. The number of allylic oxidation sites excluding steroid dienone is 1. The third-order valence-corrected chi connectivity index (χ3v) is 6.89. The monoisotopic (exact) mass is 458 g/mol. The van der Waals surface area contributed by atoms with Crippen molar-refractivity contribution >= 4 is 40.3 Å². The van der Waals surface area contributed by atoms with E-state index in [0.717, 1.165) is 29.3 Å². The molecule has 2 aliphatic heterocycles. The Hall–Kier alpha value is -2.25. The molecule has 0 saturated heterocycles. The van der Waals surface area contributed by atoms with Crippen LogP contribution in [0.15, 0.2) is 51.6 Å². The standard InChI is InChI=1S/C23H27ClN4O2S/c1-4-27(5-2)22(30)20-14(3)25-23-28(21(20)15-6-8-16(24)9-7-15)18(13-31-23)12-19(29)26-17-10-11-17/h6-9,13,17,21H,4-5,10-12H2,1-3H3,(H,26,29). The van der Waals surface area contributed by atoms with Gasteiger partial charge in [-0.3, -0.25) is 9.59 Å². The van der Waals surface area contributed by atoms with Gasteiger partial charge in [-0.1, -0.05) is 35.5 Å². The van der Waals surface area contributed by atoms with Crippen LogP contribution in [-0.2, 0) is 9.59 Å². The molecule has 4 rings (SSSR count). The summed E-state index contributed by atoms with van der Waals surface area (Å²) in [6.45, 7) is 7.09. The zero-order chi connectivity index (χ0) is 22.1. The first-order valence-electron chi connectivity index (χ1n) is 10.7. The van der Waals surface area contributed by atoms with Gasteiger partial charge in [0.15, 0.2) is 5.17 Å². The lowest BCUT2D eigenvalue weighted by Gasteiger charge is -2.38. The number of nitrogens with zero attached hydrogens (tertiary/aromatic N) is 3. The number of nitrogens with one attached hydrogen (secondary N) is 1. The number of amides is 2. The van der Waals surface area contributed by atoms with Gasteiger partial charge in [0.25, 0.3) is 5.91 Å². The third-order valence-electron chi connectivity index (χ3n) is 5.75. The highest BCUT2D eigenvalue weighted by molar-refractivity contribution is 8.16. The number of amidine groups is 1. The Bertz CT molecular complexity index is 978. The molecule has 1 unspecified atom stereocenters. The number of rotatable bonds is 7. The Labute approximate surface area is 192 Å². The third kappa shape index (κ3) is 4.53. The summed E-state index contributed by atoms with van der Waals surface area (Å²) in [5.74, 6) is -0.0164. The Balaban J connectivity index is 1.73. The zero-order valence-electron chi connectivity index (χ0n) is 18.0. The minimum atomic E-state index is -0.354. The van der Waals surface area contributed by atoms with Gasteiger partial charge in [0.05, 0.1) is 23.7 Å². The largest absolute Gasteiger partial charge is 0.353 e. The molecule has 2 amide bonds. The molecule has 1 aliphatic carbocycles. The summed E-state index contributed by atoms with van der Waals surface area (Å²) in [5.41, 5.74) is 3.17. The van der Waals surface area contributed by atoms with Gasteiger partial charge in [-0.25, -0.2) is 4.99 Å². The number of aliphatic imine (C=N–C) groups is 1. The molecule has 0 bridgehead atoms. The van der Waals surface area contributed by atoms with Crippen LogP contribution in [0, 0.1) is 0 Å². The molecule has 2 heterocycles. The lowest BCUT2D eigenvalue weighted by atomic mass is 9.92. The fraction of sp³-hybridized carbons (Fsp3) is 0.435. The summed E-state index contributed by atoms with van der Waals surface area (Å²) in [7, 11) is 0. The molecule has 1 aromatic rings.